The zero-order valence-corrected chi connectivity index (χ0v) is 22.7. The normalized spacial score (nSPS) is 16.9. The Morgan fingerprint density at radius 3 is 2.10 bits per heavy atom. The second-order valence-corrected chi connectivity index (χ2v) is 10.3. The predicted molar refractivity (Wildman–Crippen MR) is 159 cm³/mol. The van der Waals surface area contributed by atoms with E-state index in [-0.39, 0.29) is 0 Å². The highest BCUT2D eigenvalue weighted by Gasteiger charge is 2.50. The van der Waals surface area contributed by atoms with Gasteiger partial charge in [-0.25, -0.2) is 0 Å². The van der Waals surface area contributed by atoms with E-state index in [0.29, 0.717) is 11.5 Å². The minimum Gasteiger partial charge on any atom is -0.622 e. The second-order valence-electron chi connectivity index (χ2n) is 10.3. The van der Waals surface area contributed by atoms with Crippen LogP contribution in [0.15, 0.2) is 91.0 Å². The lowest BCUT2D eigenvalue weighted by Crippen LogP contribution is -2.57. The fourth-order valence-corrected chi connectivity index (χ4v) is 5.34. The predicted octanol–water partition coefficient (Wildman–Crippen LogP) is 8.32. The number of para-hydroxylation sites is 2. The zero-order chi connectivity index (χ0) is 26.7. The Labute approximate surface area is 231 Å². The van der Waals surface area contributed by atoms with Gasteiger partial charge in [-0.2, -0.15) is 0 Å². The molecule has 200 valence electrons. The lowest BCUT2D eigenvalue weighted by atomic mass is 9.93. The summed E-state index contributed by atoms with van der Waals surface area (Å²) in [5, 5.41) is 2.10. The van der Waals surface area contributed by atoms with Crippen LogP contribution in [0, 0.1) is 0 Å². The van der Waals surface area contributed by atoms with Crippen LogP contribution in [0.3, 0.4) is 0 Å². The molecule has 1 spiro atoms. The number of hydrogen-bond acceptors (Lipinski definition) is 5. The van der Waals surface area contributed by atoms with Crippen LogP contribution in [0.5, 0.6) is 17.2 Å². The molecule has 0 radical (unpaired) electrons. The first kappa shape index (κ1) is 25.4. The average Bonchev–Trinajstić information content (AvgIpc) is 3.33. The van der Waals surface area contributed by atoms with E-state index in [1.165, 1.54) is 31.4 Å². The zero-order valence-electron chi connectivity index (χ0n) is 22.7. The van der Waals surface area contributed by atoms with Crippen molar-refractivity contribution >= 4 is 29.5 Å². The van der Waals surface area contributed by atoms with Gasteiger partial charge >= 0.3 is 6.96 Å². The number of unbranched alkanes of at least 4 members (excludes halogenated alkanes) is 2. The number of rotatable bonds is 9. The van der Waals surface area contributed by atoms with Crippen LogP contribution >= 0.6 is 0 Å². The highest BCUT2D eigenvalue weighted by molar-refractivity contribution is 6.57. The molecule has 1 unspecified atom stereocenters. The number of benzene rings is 4. The molecule has 0 bridgehead atoms. The van der Waals surface area contributed by atoms with Gasteiger partial charge < -0.3 is 23.5 Å². The Kier molecular flexibility index (Phi) is 7.21. The van der Waals surface area contributed by atoms with E-state index in [4.69, 9.17) is 18.6 Å². The molecule has 39 heavy (non-hydrogen) atoms. The molecule has 6 heteroatoms. The minimum absolute atomic E-state index is 0.405. The molecule has 0 fully saturated rings. The Hall–Kier alpha value is -3.90. The monoisotopic (exact) mass is 520 g/mol. The first-order valence-corrected chi connectivity index (χ1v) is 14.2. The van der Waals surface area contributed by atoms with Crippen LogP contribution in [0.1, 0.15) is 56.8 Å². The maximum absolute atomic E-state index is 6.47. The molecule has 2 aliphatic heterocycles. The van der Waals surface area contributed by atoms with Gasteiger partial charge in [-0.1, -0.05) is 99.5 Å². The van der Waals surface area contributed by atoms with Gasteiger partial charge in [0.25, 0.3) is 0 Å². The van der Waals surface area contributed by atoms with Gasteiger partial charge in [-0.3, -0.25) is 0 Å². The van der Waals surface area contributed by atoms with E-state index in [1.807, 2.05) is 36.4 Å². The molecule has 4 aromatic rings. The lowest BCUT2D eigenvalue weighted by molar-refractivity contribution is 0.0644. The molecule has 0 aliphatic carbocycles. The SMILES string of the molecule is CCCCN(CCCC)c1ccc(/C=C/C2O[B-]3(Oc4ccccc4O3)Oc3c2ccc2ccccc32)cc1. The van der Waals surface area contributed by atoms with Crippen LogP contribution in [0.2, 0.25) is 0 Å². The van der Waals surface area contributed by atoms with Gasteiger partial charge in [0, 0.05) is 29.7 Å². The number of nitrogens with zero attached hydrogens (tertiary/aromatic N) is 1. The lowest BCUT2D eigenvalue weighted by Gasteiger charge is -2.43. The van der Waals surface area contributed by atoms with Crippen LogP contribution in [-0.4, -0.2) is 20.0 Å². The molecule has 0 amide bonds. The van der Waals surface area contributed by atoms with Crippen molar-refractivity contribution in [3.8, 4) is 17.2 Å². The maximum Gasteiger partial charge on any atom is 0.715 e. The summed E-state index contributed by atoms with van der Waals surface area (Å²) in [6.07, 6.45) is 8.58. The van der Waals surface area contributed by atoms with E-state index in [0.717, 1.165) is 40.7 Å². The van der Waals surface area contributed by atoms with E-state index in [1.54, 1.807) is 0 Å². The largest absolute Gasteiger partial charge is 0.715 e. The van der Waals surface area contributed by atoms with Crippen LogP contribution in [-0.2, 0) is 4.65 Å². The highest BCUT2D eigenvalue weighted by atomic mass is 16.9. The van der Waals surface area contributed by atoms with Crippen LogP contribution in [0.25, 0.3) is 16.8 Å². The van der Waals surface area contributed by atoms with E-state index < -0.39 is 13.1 Å². The third kappa shape index (κ3) is 5.21. The Bertz CT molecular complexity index is 1440. The highest BCUT2D eigenvalue weighted by Crippen LogP contribution is 2.47. The fourth-order valence-electron chi connectivity index (χ4n) is 5.34. The summed E-state index contributed by atoms with van der Waals surface area (Å²) in [4.78, 5) is 2.50. The molecule has 0 saturated carbocycles. The van der Waals surface area contributed by atoms with Crippen molar-refractivity contribution in [1.29, 1.82) is 0 Å². The van der Waals surface area contributed by atoms with Gasteiger partial charge in [0.05, 0.1) is 11.9 Å². The van der Waals surface area contributed by atoms with E-state index >= 15 is 0 Å². The Morgan fingerprint density at radius 1 is 0.744 bits per heavy atom. The summed E-state index contributed by atoms with van der Waals surface area (Å²) in [5.41, 5.74) is 3.34. The van der Waals surface area contributed by atoms with E-state index in [9.17, 15) is 0 Å². The van der Waals surface area contributed by atoms with Gasteiger partial charge in [0.2, 0.25) is 0 Å². The standard InChI is InChI=1S/C33H35BNO4/c1-3-5-23-35(24-6-4-2)27-19-15-25(16-20-27)17-22-30-29-21-18-26-11-7-8-12-28(26)33(29)39-34(36-30)37-31-13-9-10-14-32(31)38-34/h7-22,30H,3-6,23-24H2,1-2H3/q-1/b22-17+. The molecule has 1 atom stereocenters. The molecular weight excluding hydrogens is 485 g/mol. The minimum atomic E-state index is -2.50. The topological polar surface area (TPSA) is 40.2 Å². The third-order valence-electron chi connectivity index (χ3n) is 7.47. The van der Waals surface area contributed by atoms with E-state index in [2.05, 4.69) is 79.4 Å². The van der Waals surface area contributed by atoms with Crippen LogP contribution in [0.4, 0.5) is 5.69 Å². The smallest absolute Gasteiger partial charge is 0.622 e. The molecule has 0 aromatic heterocycles. The van der Waals surface area contributed by atoms with Crippen LogP contribution < -0.4 is 18.9 Å². The fraction of sp³-hybridized carbons (Fsp3) is 0.273. The number of hydrogen-bond donors (Lipinski definition) is 0. The molecule has 2 heterocycles. The average molecular weight is 520 g/mol. The number of anilines is 1. The summed E-state index contributed by atoms with van der Waals surface area (Å²) in [6.45, 7) is 4.19. The molecule has 2 aliphatic rings. The van der Waals surface area contributed by atoms with Crippen molar-refractivity contribution in [2.24, 2.45) is 0 Å². The van der Waals surface area contributed by atoms with Gasteiger partial charge in [0.15, 0.2) is 0 Å². The summed E-state index contributed by atoms with van der Waals surface area (Å²) in [6, 6.07) is 28.7. The summed E-state index contributed by atoms with van der Waals surface area (Å²) >= 11 is 0. The maximum atomic E-state index is 6.47. The molecule has 6 rings (SSSR count). The summed E-state index contributed by atoms with van der Waals surface area (Å²) in [5.74, 6) is 1.98. The van der Waals surface area contributed by atoms with Crippen molar-refractivity contribution in [3.63, 3.8) is 0 Å². The Morgan fingerprint density at radius 2 is 1.41 bits per heavy atom. The molecule has 4 aromatic carbocycles. The molecule has 0 N–H and O–H groups in total. The van der Waals surface area contributed by atoms with Crippen molar-refractivity contribution in [1.82, 2.24) is 0 Å². The third-order valence-corrected chi connectivity index (χ3v) is 7.47. The number of fused-ring (bicyclic) bond motifs is 4. The van der Waals surface area contributed by atoms with Crippen molar-refractivity contribution in [3.05, 3.63) is 102 Å². The Balaban J connectivity index is 1.29. The molecule has 0 saturated heterocycles. The van der Waals surface area contributed by atoms with Crippen molar-refractivity contribution < 1.29 is 18.6 Å². The van der Waals surface area contributed by atoms with Gasteiger partial charge in [-0.15, -0.1) is 0 Å². The first-order chi connectivity index (χ1) is 19.2. The molecular formula is C33H35BNO4-. The second kappa shape index (κ2) is 11.1. The summed E-state index contributed by atoms with van der Waals surface area (Å²) < 4.78 is 25.3. The van der Waals surface area contributed by atoms with Gasteiger partial charge in [-0.05, 0) is 48.1 Å². The molecule has 5 nitrogen and oxygen atoms in total. The van der Waals surface area contributed by atoms with Gasteiger partial charge in [0.1, 0.15) is 11.5 Å². The van der Waals surface area contributed by atoms with Crippen molar-refractivity contribution in [2.75, 3.05) is 18.0 Å². The first-order valence-electron chi connectivity index (χ1n) is 14.2. The quantitative estimate of drug-likeness (QED) is 0.208. The van der Waals surface area contributed by atoms with Crippen molar-refractivity contribution in [2.45, 2.75) is 45.6 Å². The summed E-state index contributed by atoms with van der Waals surface area (Å²) in [7, 11) is 0.